The molecule has 2 unspecified atom stereocenters. The van der Waals surface area contributed by atoms with Crippen molar-refractivity contribution in [3.8, 4) is 0 Å². The maximum atomic E-state index is 14.3. The Bertz CT molecular complexity index is 2380. The molecule has 67 heavy (non-hydrogen) atoms. The van der Waals surface area contributed by atoms with E-state index in [4.69, 9.17) is 75.3 Å². The summed E-state index contributed by atoms with van der Waals surface area (Å²) in [6.07, 6.45) is -7.31. The second-order valence-corrected chi connectivity index (χ2v) is 18.4. The number of ketones is 1. The first kappa shape index (κ1) is 56.0. The third kappa shape index (κ3) is 13.2. The zero-order valence-corrected chi connectivity index (χ0v) is 41.7. The number of benzene rings is 2. The van der Waals surface area contributed by atoms with Crippen LogP contribution < -0.4 is 15.5 Å². The molecule has 0 bridgehead atoms. The number of Topliss-reactive ketones (excluding diaryl/α,β-unsaturated/α-hetero) is 1. The summed E-state index contributed by atoms with van der Waals surface area (Å²) in [6.45, 7) is 8.83. The van der Waals surface area contributed by atoms with Crippen LogP contribution in [-0.2, 0) is 42.9 Å². The Kier molecular flexibility index (Phi) is 19.5. The second-order valence-electron chi connectivity index (χ2n) is 16.0. The summed E-state index contributed by atoms with van der Waals surface area (Å²) in [5, 5.41) is 0.0695. The lowest BCUT2D eigenvalue weighted by Crippen LogP contribution is -2.45. The average molecular weight is 1060 g/mol. The number of nitrogens with zero attached hydrogens (tertiary/aromatic N) is 4. The van der Waals surface area contributed by atoms with E-state index in [1.165, 1.54) is 24.3 Å². The summed E-state index contributed by atoms with van der Waals surface area (Å²) in [5.41, 5.74) is 4.59. The van der Waals surface area contributed by atoms with Crippen molar-refractivity contribution in [2.45, 2.75) is 109 Å². The van der Waals surface area contributed by atoms with Crippen LogP contribution in [0.2, 0.25) is 30.1 Å². The van der Waals surface area contributed by atoms with Gasteiger partial charge in [-0.1, -0.05) is 103 Å². The SMILES string of the molecule is CCC(=O)CCc1ccc(N2CCC(c3cc(Cl)c(Cl)c(Cl)c3)(C(F)(F)F)C2)nc1C.CCC(=O)OC(=O)CC.Cc1nc(N2CCC(c3cc(Cl)c(Cl)c(Cl)c3)(C(F)(F)F)C2)ccc1CN. The highest BCUT2D eigenvalue weighted by Crippen LogP contribution is 2.52. The van der Waals surface area contributed by atoms with Crippen LogP contribution in [-0.4, -0.2) is 66.2 Å². The molecule has 0 amide bonds. The van der Waals surface area contributed by atoms with E-state index in [0.29, 0.717) is 48.8 Å². The monoisotopic (exact) mass is 1060 g/mol. The zero-order chi connectivity index (χ0) is 50.2. The Balaban J connectivity index is 0.000000249. The van der Waals surface area contributed by atoms with Gasteiger partial charge in [-0.05, 0) is 91.8 Å². The summed E-state index contributed by atoms with van der Waals surface area (Å²) in [5.74, 6) is 0.212. The highest BCUT2D eigenvalue weighted by molar-refractivity contribution is 6.48. The molecule has 2 aromatic carbocycles. The molecular weight excluding hydrogens is 1010 g/mol. The number of anilines is 2. The van der Waals surface area contributed by atoms with Crippen molar-refractivity contribution >= 4 is 99.0 Å². The number of hydrogen-bond donors (Lipinski definition) is 1. The standard InChI is InChI=1S/C22H22Cl3F3N2O.C18H17Cl3F3N3.C6H10O3/c1-3-16(31)6-4-14-5-7-19(29-13(14)2)30-9-8-21(12-30,22(26,27)28)15-10-17(23)20(25)18(24)11-15;1-10-11(8-25)2-3-15(26-10)27-5-4-17(9-27,18(22,23)24)12-6-13(19)16(21)14(20)7-12;1-3-5(7)9-6(8)4-2/h5,7,10-11H,3-4,6,8-9,12H2,1-2H3;2-3,6-7H,4-5,8-9,25H2,1H3;3-4H2,1-2H3. The van der Waals surface area contributed by atoms with Crippen molar-refractivity contribution in [2.24, 2.45) is 5.73 Å². The van der Waals surface area contributed by atoms with Gasteiger partial charge in [0.25, 0.3) is 0 Å². The van der Waals surface area contributed by atoms with Crippen LogP contribution in [0.15, 0.2) is 48.5 Å². The van der Waals surface area contributed by atoms with Crippen LogP contribution in [0.25, 0.3) is 0 Å². The van der Waals surface area contributed by atoms with Crippen LogP contribution in [0.4, 0.5) is 38.0 Å². The zero-order valence-electron chi connectivity index (χ0n) is 37.1. The second kappa shape index (κ2) is 23.4. The third-order valence-electron chi connectivity index (χ3n) is 11.8. The van der Waals surface area contributed by atoms with Crippen LogP contribution in [0, 0.1) is 13.8 Å². The van der Waals surface area contributed by atoms with Crippen LogP contribution in [0.5, 0.6) is 0 Å². The summed E-state index contributed by atoms with van der Waals surface area (Å²) in [7, 11) is 0. The van der Waals surface area contributed by atoms with Crippen molar-refractivity contribution in [1.82, 2.24) is 9.97 Å². The predicted molar refractivity (Wildman–Crippen MR) is 253 cm³/mol. The van der Waals surface area contributed by atoms with E-state index in [1.54, 1.807) is 55.7 Å². The lowest BCUT2D eigenvalue weighted by molar-refractivity contribution is -0.185. The Hall–Kier alpha value is -3.57. The smallest absolute Gasteiger partial charge is 0.393 e. The normalized spacial score (nSPS) is 18.2. The van der Waals surface area contributed by atoms with Gasteiger partial charge in [0.2, 0.25) is 0 Å². The van der Waals surface area contributed by atoms with Gasteiger partial charge >= 0.3 is 24.3 Å². The van der Waals surface area contributed by atoms with Gasteiger partial charge < -0.3 is 20.3 Å². The van der Waals surface area contributed by atoms with Gasteiger partial charge in [-0.2, -0.15) is 26.3 Å². The van der Waals surface area contributed by atoms with Gasteiger partial charge in [-0.15, -0.1) is 0 Å². The Morgan fingerprint density at radius 1 is 0.642 bits per heavy atom. The van der Waals surface area contributed by atoms with E-state index in [0.717, 1.165) is 11.1 Å². The van der Waals surface area contributed by atoms with E-state index in [-0.39, 0.29) is 98.9 Å². The molecule has 6 rings (SSSR count). The first-order valence-electron chi connectivity index (χ1n) is 21.1. The number of carbonyl (C=O) groups is 3. The number of pyridine rings is 2. The van der Waals surface area contributed by atoms with Crippen LogP contribution >= 0.6 is 69.6 Å². The maximum absolute atomic E-state index is 14.3. The number of nitrogens with two attached hydrogens (primary N) is 1. The molecule has 0 spiro atoms. The first-order valence-corrected chi connectivity index (χ1v) is 23.4. The van der Waals surface area contributed by atoms with Crippen molar-refractivity contribution in [3.63, 3.8) is 0 Å². The fourth-order valence-corrected chi connectivity index (χ4v) is 8.84. The molecule has 9 nitrogen and oxygen atoms in total. The number of hydrogen-bond acceptors (Lipinski definition) is 9. The van der Waals surface area contributed by atoms with Gasteiger partial charge in [0.05, 0.1) is 30.1 Å². The Morgan fingerprint density at radius 3 is 1.33 bits per heavy atom. The highest BCUT2D eigenvalue weighted by atomic mass is 35.5. The molecule has 21 heteroatoms. The molecule has 2 fully saturated rings. The molecule has 2 aliphatic heterocycles. The molecule has 0 radical (unpaired) electrons. The molecule has 0 aliphatic carbocycles. The largest absolute Gasteiger partial charge is 0.400 e. The number of rotatable bonds is 11. The lowest BCUT2D eigenvalue weighted by Gasteiger charge is -2.33. The first-order chi connectivity index (χ1) is 31.3. The lowest BCUT2D eigenvalue weighted by atomic mass is 9.79. The fourth-order valence-electron chi connectivity index (χ4n) is 7.64. The number of aryl methyl sites for hydroxylation is 3. The maximum Gasteiger partial charge on any atom is 0.400 e. The molecule has 0 saturated carbocycles. The van der Waals surface area contributed by atoms with E-state index < -0.39 is 35.1 Å². The topological polar surface area (TPSA) is 119 Å². The summed E-state index contributed by atoms with van der Waals surface area (Å²) in [6, 6.07) is 12.0. The molecular formula is C46H49Cl6F6N5O4. The van der Waals surface area contributed by atoms with Gasteiger partial charge in [0.15, 0.2) is 0 Å². The van der Waals surface area contributed by atoms with Gasteiger partial charge in [-0.3, -0.25) is 14.4 Å². The molecule has 2 saturated heterocycles. The molecule has 366 valence electrons. The Morgan fingerprint density at radius 2 is 1.01 bits per heavy atom. The van der Waals surface area contributed by atoms with Gasteiger partial charge in [0, 0.05) is 69.8 Å². The van der Waals surface area contributed by atoms with Gasteiger partial charge in [-0.25, -0.2) is 9.97 Å². The van der Waals surface area contributed by atoms with Crippen molar-refractivity contribution in [1.29, 1.82) is 0 Å². The minimum atomic E-state index is -4.52. The average Bonchev–Trinajstić information content (AvgIpc) is 3.95. The highest BCUT2D eigenvalue weighted by Gasteiger charge is 2.60. The van der Waals surface area contributed by atoms with E-state index in [1.807, 2.05) is 13.0 Å². The van der Waals surface area contributed by atoms with E-state index >= 15 is 0 Å². The summed E-state index contributed by atoms with van der Waals surface area (Å²) >= 11 is 35.9. The number of carbonyl (C=O) groups excluding carboxylic acids is 3. The number of esters is 2. The molecule has 2 aromatic heterocycles. The minimum Gasteiger partial charge on any atom is -0.393 e. The number of ether oxygens (including phenoxy) is 1. The Labute approximate surface area is 415 Å². The van der Waals surface area contributed by atoms with Gasteiger partial charge in [0.1, 0.15) is 28.2 Å². The molecule has 2 N–H and O–H groups in total. The minimum absolute atomic E-state index is 0.00232. The van der Waals surface area contributed by atoms with Crippen molar-refractivity contribution in [2.75, 3.05) is 36.0 Å². The predicted octanol–water partition coefficient (Wildman–Crippen LogP) is 13.4. The third-order valence-corrected chi connectivity index (χ3v) is 14.2. The van der Waals surface area contributed by atoms with Crippen molar-refractivity contribution in [3.05, 3.63) is 112 Å². The molecule has 2 atom stereocenters. The fraction of sp³-hybridized carbons (Fsp3) is 0.457. The quantitative estimate of drug-likeness (QED) is 0.0678. The van der Waals surface area contributed by atoms with E-state index in [9.17, 15) is 40.7 Å². The summed E-state index contributed by atoms with van der Waals surface area (Å²) < 4.78 is 89.7. The summed E-state index contributed by atoms with van der Waals surface area (Å²) in [4.78, 5) is 44.4. The molecule has 4 aromatic rings. The molecule has 4 heterocycles. The van der Waals surface area contributed by atoms with E-state index in [2.05, 4.69) is 14.7 Å². The van der Waals surface area contributed by atoms with Crippen LogP contribution in [0.1, 0.15) is 92.9 Å². The molecule has 2 aliphatic rings. The van der Waals surface area contributed by atoms with Crippen LogP contribution in [0.3, 0.4) is 0 Å². The number of alkyl halides is 6. The number of halogens is 12. The number of aromatic nitrogens is 2. The van der Waals surface area contributed by atoms with Crippen molar-refractivity contribution < 1.29 is 45.5 Å².